The van der Waals surface area contributed by atoms with E-state index in [0.717, 1.165) is 0 Å². The normalized spacial score (nSPS) is 20.6. The van der Waals surface area contributed by atoms with E-state index in [1.165, 1.54) is 11.2 Å². The summed E-state index contributed by atoms with van der Waals surface area (Å²) in [6, 6.07) is 13.1. The summed E-state index contributed by atoms with van der Waals surface area (Å²) in [4.78, 5) is 47.2. The number of nitrogens with one attached hydrogen (secondary N) is 1. The number of amides is 3. The first-order valence-electron chi connectivity index (χ1n) is 8.52. The number of rotatable bonds is 4. The summed E-state index contributed by atoms with van der Waals surface area (Å²) in [5.74, 6) is -0.763. The van der Waals surface area contributed by atoms with E-state index in [0.29, 0.717) is 21.7 Å². The number of carbonyl (C=O) groups is 3. The van der Waals surface area contributed by atoms with Crippen molar-refractivity contribution in [3.8, 4) is 0 Å². The van der Waals surface area contributed by atoms with Crippen LogP contribution in [0.25, 0.3) is 0 Å². The first kappa shape index (κ1) is 18.1. The summed E-state index contributed by atoms with van der Waals surface area (Å²) in [5.41, 5.74) is 0.471. The van der Waals surface area contributed by atoms with Crippen LogP contribution >= 0.6 is 11.6 Å². The minimum Gasteiger partial charge on any atom is -0.297 e. The van der Waals surface area contributed by atoms with E-state index in [1.807, 2.05) is 0 Å². The molecule has 2 heterocycles. The fourth-order valence-electron chi connectivity index (χ4n) is 3.41. The molecule has 140 valence electrons. The molecule has 2 aromatic carbocycles. The number of ketones is 1. The molecule has 0 aromatic heterocycles. The molecular formula is C20H15ClN4O3. The molecule has 8 heteroatoms. The number of urea groups is 1. The maximum Gasteiger partial charge on any atom is 0.326 e. The van der Waals surface area contributed by atoms with Crippen molar-refractivity contribution in [3.05, 3.63) is 70.2 Å². The second-order valence-corrected chi connectivity index (χ2v) is 6.96. The molecule has 0 aliphatic carbocycles. The van der Waals surface area contributed by atoms with Gasteiger partial charge in [0.25, 0.3) is 5.91 Å². The van der Waals surface area contributed by atoms with Crippen LogP contribution in [0.4, 0.5) is 4.79 Å². The van der Waals surface area contributed by atoms with Crippen LogP contribution in [0.2, 0.25) is 5.02 Å². The van der Waals surface area contributed by atoms with Crippen LogP contribution in [0, 0.1) is 0 Å². The van der Waals surface area contributed by atoms with Gasteiger partial charge in [-0.2, -0.15) is 0 Å². The molecule has 2 aliphatic heterocycles. The standard InChI is InChI=1S/C20H15ClN4O3/c1-25-19(28)24-18(27)17-20(25,23-11-22-17)10-13-4-2-3-5-15(13)16(26)12-6-8-14(21)9-7-12/h2-9,11H,10H2,1H3,(H,24,27,28). The zero-order chi connectivity index (χ0) is 19.9. The first-order valence-corrected chi connectivity index (χ1v) is 8.89. The zero-order valence-electron chi connectivity index (χ0n) is 14.8. The second-order valence-electron chi connectivity index (χ2n) is 6.53. The van der Waals surface area contributed by atoms with Gasteiger partial charge in [-0.3, -0.25) is 19.8 Å². The topological polar surface area (TPSA) is 91.2 Å². The van der Waals surface area contributed by atoms with Crippen molar-refractivity contribution in [2.45, 2.75) is 12.1 Å². The Bertz CT molecular complexity index is 1060. The Morgan fingerprint density at radius 3 is 2.61 bits per heavy atom. The lowest BCUT2D eigenvalue weighted by atomic mass is 9.88. The number of halogens is 1. The molecule has 1 fully saturated rings. The summed E-state index contributed by atoms with van der Waals surface area (Å²) in [6.07, 6.45) is 1.42. The number of carbonyl (C=O) groups excluding carboxylic acids is 3. The Balaban J connectivity index is 1.75. The van der Waals surface area contributed by atoms with Gasteiger partial charge < -0.3 is 0 Å². The number of aliphatic imine (C=N–C) groups is 2. The molecule has 1 atom stereocenters. The third kappa shape index (κ3) is 2.80. The van der Waals surface area contributed by atoms with Gasteiger partial charge in [-0.25, -0.2) is 14.8 Å². The van der Waals surface area contributed by atoms with Crippen molar-refractivity contribution in [1.29, 1.82) is 0 Å². The number of likely N-dealkylation sites (N-methyl/N-ethyl adjacent to an activating group) is 1. The summed E-state index contributed by atoms with van der Waals surface area (Å²) in [6.45, 7) is 0. The lowest BCUT2D eigenvalue weighted by Crippen LogP contribution is -2.66. The van der Waals surface area contributed by atoms with E-state index in [4.69, 9.17) is 11.6 Å². The molecule has 0 radical (unpaired) electrons. The van der Waals surface area contributed by atoms with Crippen LogP contribution in [0.3, 0.4) is 0 Å². The quantitative estimate of drug-likeness (QED) is 0.807. The van der Waals surface area contributed by atoms with Crippen LogP contribution in [0.1, 0.15) is 21.5 Å². The molecule has 0 saturated carbocycles. The average molecular weight is 395 g/mol. The van der Waals surface area contributed by atoms with Gasteiger partial charge in [-0.05, 0) is 29.8 Å². The molecule has 7 nitrogen and oxygen atoms in total. The van der Waals surface area contributed by atoms with Crippen LogP contribution in [-0.4, -0.2) is 47.4 Å². The Kier molecular flexibility index (Phi) is 4.31. The average Bonchev–Trinajstić information content (AvgIpc) is 3.12. The number of benzene rings is 2. The van der Waals surface area contributed by atoms with Crippen LogP contribution in [0.15, 0.2) is 58.5 Å². The molecular weight excluding hydrogens is 380 g/mol. The molecule has 1 N–H and O–H groups in total. The highest BCUT2D eigenvalue weighted by atomic mass is 35.5. The number of nitrogens with zero attached hydrogens (tertiary/aromatic N) is 3. The maximum absolute atomic E-state index is 13.0. The molecule has 4 rings (SSSR count). The third-order valence-corrected chi connectivity index (χ3v) is 5.19. The number of hydrogen-bond donors (Lipinski definition) is 1. The van der Waals surface area contributed by atoms with E-state index in [-0.39, 0.29) is 17.9 Å². The number of fused-ring (bicyclic) bond motifs is 1. The lowest BCUT2D eigenvalue weighted by Gasteiger charge is -2.40. The summed E-state index contributed by atoms with van der Waals surface area (Å²) in [7, 11) is 1.55. The van der Waals surface area contributed by atoms with E-state index in [2.05, 4.69) is 15.3 Å². The van der Waals surface area contributed by atoms with Gasteiger partial charge >= 0.3 is 6.03 Å². The summed E-state index contributed by atoms with van der Waals surface area (Å²) < 4.78 is 0. The third-order valence-electron chi connectivity index (χ3n) is 4.94. The molecule has 2 aromatic rings. The molecule has 1 unspecified atom stereocenters. The van der Waals surface area contributed by atoms with Crippen LogP contribution in [-0.2, 0) is 11.2 Å². The second kappa shape index (κ2) is 6.69. The minimum atomic E-state index is -1.27. The van der Waals surface area contributed by atoms with Gasteiger partial charge in [-0.1, -0.05) is 35.9 Å². The largest absolute Gasteiger partial charge is 0.326 e. The Morgan fingerprint density at radius 2 is 1.86 bits per heavy atom. The fraction of sp³-hybridized carbons (Fsp3) is 0.150. The Morgan fingerprint density at radius 1 is 1.14 bits per heavy atom. The smallest absolute Gasteiger partial charge is 0.297 e. The van der Waals surface area contributed by atoms with Gasteiger partial charge in [0, 0.05) is 29.6 Å². The van der Waals surface area contributed by atoms with E-state index < -0.39 is 17.6 Å². The predicted molar refractivity (Wildman–Crippen MR) is 105 cm³/mol. The molecule has 0 spiro atoms. The van der Waals surface area contributed by atoms with Gasteiger partial charge in [0.05, 0.1) is 0 Å². The monoisotopic (exact) mass is 394 g/mol. The predicted octanol–water partition coefficient (Wildman–Crippen LogP) is 2.47. The summed E-state index contributed by atoms with van der Waals surface area (Å²) in [5, 5.41) is 2.78. The molecule has 2 aliphatic rings. The molecule has 3 amide bonds. The Labute approximate surface area is 165 Å². The van der Waals surface area contributed by atoms with Gasteiger partial charge in [0.2, 0.25) is 0 Å². The van der Waals surface area contributed by atoms with E-state index in [9.17, 15) is 14.4 Å². The van der Waals surface area contributed by atoms with Gasteiger partial charge in [0.1, 0.15) is 6.34 Å². The summed E-state index contributed by atoms with van der Waals surface area (Å²) >= 11 is 5.91. The van der Waals surface area contributed by atoms with Crippen molar-refractivity contribution in [3.63, 3.8) is 0 Å². The van der Waals surface area contributed by atoms with Crippen molar-refractivity contribution in [2.75, 3.05) is 7.05 Å². The Hall–Kier alpha value is -3.32. The minimum absolute atomic E-state index is 0.128. The van der Waals surface area contributed by atoms with Crippen LogP contribution in [0.5, 0.6) is 0 Å². The fourth-order valence-corrected chi connectivity index (χ4v) is 3.53. The van der Waals surface area contributed by atoms with Crippen molar-refractivity contribution >= 4 is 41.4 Å². The molecule has 0 bridgehead atoms. The van der Waals surface area contributed by atoms with Crippen molar-refractivity contribution < 1.29 is 14.4 Å². The van der Waals surface area contributed by atoms with Gasteiger partial charge in [-0.15, -0.1) is 0 Å². The SMILES string of the molecule is CN1C(=O)NC(=O)C2=NC=NC21Cc1ccccc1C(=O)c1ccc(Cl)cc1. The first-order chi connectivity index (χ1) is 13.4. The maximum atomic E-state index is 13.0. The van der Waals surface area contributed by atoms with Crippen molar-refractivity contribution in [1.82, 2.24) is 10.2 Å². The molecule has 28 heavy (non-hydrogen) atoms. The number of hydrogen-bond acceptors (Lipinski definition) is 5. The zero-order valence-corrected chi connectivity index (χ0v) is 15.6. The highest BCUT2D eigenvalue weighted by molar-refractivity contribution is 6.48. The highest BCUT2D eigenvalue weighted by Gasteiger charge is 2.51. The van der Waals surface area contributed by atoms with Crippen LogP contribution < -0.4 is 5.32 Å². The lowest BCUT2D eigenvalue weighted by molar-refractivity contribution is -0.115. The molecule has 1 saturated heterocycles. The van der Waals surface area contributed by atoms with E-state index >= 15 is 0 Å². The number of imide groups is 1. The van der Waals surface area contributed by atoms with Crippen molar-refractivity contribution in [2.24, 2.45) is 9.98 Å². The highest BCUT2D eigenvalue weighted by Crippen LogP contribution is 2.31. The van der Waals surface area contributed by atoms with Gasteiger partial charge in [0.15, 0.2) is 17.2 Å². The van der Waals surface area contributed by atoms with E-state index in [1.54, 1.807) is 55.6 Å².